The number of carbonyl (C=O) groups excluding carboxylic acids is 1. The first-order valence-electron chi connectivity index (χ1n) is 4.77. The molecule has 0 radical (unpaired) electrons. The maximum absolute atomic E-state index is 13.6. The molecule has 1 aromatic rings. The number of hydrogen-bond acceptors (Lipinski definition) is 3. The van der Waals surface area contributed by atoms with Crippen molar-refractivity contribution in [3.05, 3.63) is 27.7 Å². The summed E-state index contributed by atoms with van der Waals surface area (Å²) in [6.07, 6.45) is -5.05. The van der Waals surface area contributed by atoms with E-state index in [2.05, 4.69) is 25.7 Å². The zero-order chi connectivity index (χ0) is 14.6. The second-order valence-electron chi connectivity index (χ2n) is 3.33. The van der Waals surface area contributed by atoms with E-state index < -0.39 is 24.6 Å². The van der Waals surface area contributed by atoms with E-state index in [0.29, 0.717) is 4.43 Å². The molecule has 1 heterocycles. The maximum atomic E-state index is 13.6. The Hall–Kier alpha value is -0.450. The van der Waals surface area contributed by atoms with Crippen LogP contribution in [0.1, 0.15) is 11.4 Å². The van der Waals surface area contributed by atoms with Crippen LogP contribution in [-0.2, 0) is 20.6 Å². The normalized spacial score (nSPS) is 11.7. The van der Waals surface area contributed by atoms with Crippen LogP contribution in [0.4, 0.5) is 17.6 Å². The SMILES string of the molecule is C[I-]Cc1nc(COC(=O)C(F)(F)F)cc(Br)c1F. The third-order valence-corrected chi connectivity index (χ3v) is 3.94. The van der Waals surface area contributed by atoms with Crippen LogP contribution in [-0.4, -0.2) is 22.1 Å². The number of carbonyl (C=O) groups is 1. The van der Waals surface area contributed by atoms with Gasteiger partial charge in [0, 0.05) is 0 Å². The van der Waals surface area contributed by atoms with Crippen molar-refractivity contribution in [2.45, 2.75) is 17.2 Å². The van der Waals surface area contributed by atoms with Crippen LogP contribution in [0.3, 0.4) is 0 Å². The molecule has 0 atom stereocenters. The van der Waals surface area contributed by atoms with E-state index in [4.69, 9.17) is 0 Å². The van der Waals surface area contributed by atoms with Gasteiger partial charge in [-0.2, -0.15) is 0 Å². The third kappa shape index (κ3) is 4.86. The van der Waals surface area contributed by atoms with E-state index in [-0.39, 0.29) is 37.1 Å². The molecule has 0 unspecified atom stereocenters. The van der Waals surface area contributed by atoms with E-state index >= 15 is 0 Å². The summed E-state index contributed by atoms with van der Waals surface area (Å²) in [6.45, 7) is -0.647. The van der Waals surface area contributed by atoms with Crippen molar-refractivity contribution < 1.29 is 48.3 Å². The first-order valence-corrected chi connectivity index (χ1v) is 9.24. The number of esters is 1. The van der Waals surface area contributed by atoms with Crippen molar-refractivity contribution in [1.29, 1.82) is 0 Å². The van der Waals surface area contributed by atoms with Crippen LogP contribution in [0, 0.1) is 5.82 Å². The van der Waals surface area contributed by atoms with Crippen molar-refractivity contribution >= 4 is 21.9 Å². The number of pyridine rings is 1. The Morgan fingerprint density at radius 3 is 2.68 bits per heavy atom. The van der Waals surface area contributed by atoms with Crippen LogP contribution in [0.5, 0.6) is 0 Å². The number of halogens is 6. The summed E-state index contributed by atoms with van der Waals surface area (Å²) in [5.41, 5.74) is 0.237. The second kappa shape index (κ2) is 6.82. The average molecular weight is 457 g/mol. The molecule has 3 nitrogen and oxygen atoms in total. The number of hydrogen-bond donors (Lipinski definition) is 0. The van der Waals surface area contributed by atoms with E-state index in [9.17, 15) is 22.4 Å². The van der Waals surface area contributed by atoms with Gasteiger partial charge in [0.05, 0.1) is 0 Å². The van der Waals surface area contributed by atoms with E-state index in [1.54, 1.807) is 0 Å². The molecular weight excluding hydrogens is 449 g/mol. The van der Waals surface area contributed by atoms with Gasteiger partial charge in [-0.1, -0.05) is 0 Å². The summed E-state index contributed by atoms with van der Waals surface area (Å²) < 4.78 is 54.0. The van der Waals surface area contributed by atoms with Crippen molar-refractivity contribution in [2.75, 3.05) is 4.93 Å². The molecule has 108 valence electrons. The molecule has 0 saturated carbocycles. The van der Waals surface area contributed by atoms with E-state index in [0.717, 1.165) is 0 Å². The van der Waals surface area contributed by atoms with Gasteiger partial charge >= 0.3 is 125 Å². The Labute approximate surface area is 125 Å². The molecule has 0 saturated heterocycles. The molecular formula is C10H8BrF4INO2-. The minimum absolute atomic E-state index is 0.0679. The molecule has 0 aliphatic carbocycles. The number of aromatic nitrogens is 1. The van der Waals surface area contributed by atoms with E-state index in [1.807, 2.05) is 4.93 Å². The fraction of sp³-hybridized carbons (Fsp3) is 0.400. The monoisotopic (exact) mass is 456 g/mol. The predicted octanol–water partition coefficient (Wildman–Crippen LogP) is -0.193. The van der Waals surface area contributed by atoms with Crippen LogP contribution >= 0.6 is 15.9 Å². The summed E-state index contributed by atoms with van der Waals surface area (Å²) in [5.74, 6) is -2.83. The van der Waals surface area contributed by atoms with Gasteiger partial charge < -0.3 is 0 Å². The van der Waals surface area contributed by atoms with Gasteiger partial charge in [0.1, 0.15) is 0 Å². The van der Waals surface area contributed by atoms with Crippen LogP contribution in [0.2, 0.25) is 0 Å². The fourth-order valence-corrected chi connectivity index (χ4v) is 2.83. The summed E-state index contributed by atoms with van der Waals surface area (Å²) in [7, 11) is 0. The van der Waals surface area contributed by atoms with Crippen molar-refractivity contribution in [1.82, 2.24) is 4.98 Å². The van der Waals surface area contributed by atoms with Crippen LogP contribution < -0.4 is 21.2 Å². The van der Waals surface area contributed by atoms with Gasteiger partial charge in [-0.05, 0) is 0 Å². The van der Waals surface area contributed by atoms with E-state index in [1.165, 1.54) is 6.07 Å². The first-order chi connectivity index (χ1) is 8.75. The van der Waals surface area contributed by atoms with Gasteiger partial charge in [0.25, 0.3) is 0 Å². The Bertz CT molecular complexity index is 481. The van der Waals surface area contributed by atoms with Crippen molar-refractivity contribution in [3.63, 3.8) is 0 Å². The molecule has 0 bridgehead atoms. The first kappa shape index (κ1) is 16.6. The zero-order valence-corrected chi connectivity index (χ0v) is 13.3. The van der Waals surface area contributed by atoms with Gasteiger partial charge in [-0.3, -0.25) is 0 Å². The Kier molecular flexibility index (Phi) is 5.96. The number of rotatable bonds is 4. The molecule has 0 spiro atoms. The molecule has 1 aromatic heterocycles. The van der Waals surface area contributed by atoms with Gasteiger partial charge in [0.15, 0.2) is 0 Å². The Morgan fingerprint density at radius 1 is 1.53 bits per heavy atom. The number of nitrogens with zero attached hydrogens (tertiary/aromatic N) is 1. The van der Waals surface area contributed by atoms with Crippen LogP contribution in [0.25, 0.3) is 0 Å². The minimum atomic E-state index is -5.05. The molecule has 1 rings (SSSR count). The van der Waals surface area contributed by atoms with Crippen molar-refractivity contribution in [2.24, 2.45) is 0 Å². The van der Waals surface area contributed by atoms with Crippen molar-refractivity contribution in [3.8, 4) is 0 Å². The molecule has 0 aliphatic heterocycles. The van der Waals surface area contributed by atoms with Gasteiger partial charge in [-0.25, -0.2) is 0 Å². The van der Waals surface area contributed by atoms with Gasteiger partial charge in [0.2, 0.25) is 0 Å². The molecule has 0 aromatic carbocycles. The van der Waals surface area contributed by atoms with Gasteiger partial charge in [-0.15, -0.1) is 0 Å². The molecule has 0 amide bonds. The zero-order valence-electron chi connectivity index (χ0n) is 9.52. The Balaban J connectivity index is 2.82. The summed E-state index contributed by atoms with van der Waals surface area (Å²) in [4.78, 5) is 16.3. The van der Waals surface area contributed by atoms with Crippen LogP contribution in [0.15, 0.2) is 10.5 Å². The number of alkyl halides is 5. The fourth-order valence-electron chi connectivity index (χ4n) is 1.11. The Morgan fingerprint density at radius 2 is 2.16 bits per heavy atom. The quantitative estimate of drug-likeness (QED) is 0.273. The molecule has 19 heavy (non-hydrogen) atoms. The average Bonchev–Trinajstić information content (AvgIpc) is 2.31. The summed E-state index contributed by atoms with van der Waals surface area (Å²) in [5, 5.41) is 0. The predicted molar refractivity (Wildman–Crippen MR) is 57.4 cm³/mol. The molecule has 0 aliphatic rings. The summed E-state index contributed by atoms with van der Waals surface area (Å²) >= 11 is 2.68. The number of ether oxygens (including phenoxy) is 1. The topological polar surface area (TPSA) is 39.2 Å². The third-order valence-electron chi connectivity index (χ3n) is 1.88. The molecule has 9 heteroatoms. The standard InChI is InChI=1S/C10H8BrF4INO2/c1-16-3-7-8(12)6(11)2-5(17-7)4-19-9(18)10(13,14)15/h2H,3-4H2,1H3/q-1. The molecule has 0 fully saturated rings. The second-order valence-corrected chi connectivity index (χ2v) is 6.47. The molecule has 0 N–H and O–H groups in total. The summed E-state index contributed by atoms with van der Waals surface area (Å²) in [6, 6.07) is 1.19.